The molecule has 0 N–H and O–H groups in total. The van der Waals surface area contributed by atoms with Crippen molar-refractivity contribution in [3.05, 3.63) is 22.7 Å². The van der Waals surface area contributed by atoms with E-state index in [0.717, 1.165) is 20.0 Å². The maximum Gasteiger partial charge on any atom is -0.0127 e. The molecule has 0 saturated heterocycles. The van der Waals surface area contributed by atoms with Crippen LogP contribution in [0.2, 0.25) is 0 Å². The monoisotopic (exact) mass is 220 g/mol. The molecule has 0 aromatic carbocycles. The van der Waals surface area contributed by atoms with Crippen molar-refractivity contribution in [3.63, 3.8) is 0 Å². The first kappa shape index (κ1) is 9.97. The minimum Gasteiger partial charge on any atom is -0.133 e. The molecule has 2 aliphatic carbocycles. The normalized spacial score (nSPS) is 24.0. The van der Waals surface area contributed by atoms with Gasteiger partial charge in [-0.05, 0) is 48.1 Å². The van der Waals surface area contributed by atoms with Crippen molar-refractivity contribution < 1.29 is 0 Å². The maximum atomic E-state index is 2.47. The van der Waals surface area contributed by atoms with E-state index in [0.29, 0.717) is 0 Å². The van der Waals surface area contributed by atoms with Crippen LogP contribution in [0.15, 0.2) is 12.1 Å². The molecule has 2 aliphatic rings. The Balaban J connectivity index is 1.74. The van der Waals surface area contributed by atoms with Gasteiger partial charge in [-0.25, -0.2) is 0 Å². The molecule has 15 heavy (non-hydrogen) atoms. The fourth-order valence-electron chi connectivity index (χ4n) is 3.38. The van der Waals surface area contributed by atoms with Gasteiger partial charge < -0.3 is 0 Å². The van der Waals surface area contributed by atoms with Crippen molar-refractivity contribution in [3.8, 4) is 0 Å². The predicted molar refractivity (Wildman–Crippen MR) is 68.4 cm³/mol. The molecule has 2 saturated carbocycles. The molecule has 0 spiro atoms. The molecule has 1 heteroatoms. The molecular formula is C14H21P. The van der Waals surface area contributed by atoms with E-state index in [-0.39, 0.29) is 0 Å². The summed E-state index contributed by atoms with van der Waals surface area (Å²) in [6, 6.07) is 4.95. The highest BCUT2D eigenvalue weighted by atomic mass is 31.0. The van der Waals surface area contributed by atoms with E-state index in [2.05, 4.69) is 12.1 Å². The molecule has 82 valence electrons. The molecule has 0 atom stereocenters. The summed E-state index contributed by atoms with van der Waals surface area (Å²) < 4.78 is 0. The van der Waals surface area contributed by atoms with Crippen molar-refractivity contribution >= 4 is 8.19 Å². The van der Waals surface area contributed by atoms with Gasteiger partial charge in [0.1, 0.15) is 0 Å². The van der Waals surface area contributed by atoms with Gasteiger partial charge in [-0.2, -0.15) is 0 Å². The fraction of sp³-hybridized carbons (Fsp3) is 0.714. The van der Waals surface area contributed by atoms with Crippen LogP contribution in [0.4, 0.5) is 0 Å². The Morgan fingerprint density at radius 1 is 0.733 bits per heavy atom. The lowest BCUT2D eigenvalue weighted by Crippen LogP contribution is -1.86. The van der Waals surface area contributed by atoms with Crippen molar-refractivity contribution in [1.82, 2.24) is 0 Å². The Hall–Kier alpha value is -0.220. The second-order valence-corrected chi connectivity index (χ2v) is 6.74. The van der Waals surface area contributed by atoms with Crippen LogP contribution in [0.3, 0.4) is 0 Å². The molecule has 2 fully saturated rings. The molecule has 1 heterocycles. The Bertz CT molecular complexity index is 283. The molecule has 0 amide bonds. The van der Waals surface area contributed by atoms with Gasteiger partial charge in [0.05, 0.1) is 0 Å². The quantitative estimate of drug-likeness (QED) is 0.655. The SMILES string of the molecule is c1cc(C2CCCC2)[pH]c1C1CCCC1. The number of hydrogen-bond donors (Lipinski definition) is 0. The first-order valence-electron chi connectivity index (χ1n) is 6.62. The lowest BCUT2D eigenvalue weighted by molar-refractivity contribution is 0.737. The standard InChI is InChI=1S/C14H21P/c1-2-6-11(5-1)13-9-10-14(15-13)12-7-3-4-8-12/h9-12,15H,1-8H2. The third kappa shape index (κ3) is 2.02. The van der Waals surface area contributed by atoms with Crippen LogP contribution in [0.5, 0.6) is 0 Å². The average Bonchev–Trinajstić information content (AvgIpc) is 3.02. The van der Waals surface area contributed by atoms with Gasteiger partial charge in [0, 0.05) is 0 Å². The molecule has 0 unspecified atom stereocenters. The minimum atomic E-state index is 0.971. The van der Waals surface area contributed by atoms with Gasteiger partial charge in [-0.3, -0.25) is 0 Å². The topological polar surface area (TPSA) is 0 Å². The Kier molecular flexibility index (Phi) is 2.88. The van der Waals surface area contributed by atoms with Crippen molar-refractivity contribution in [2.24, 2.45) is 0 Å². The molecule has 3 rings (SSSR count). The molecule has 0 aliphatic heterocycles. The van der Waals surface area contributed by atoms with E-state index >= 15 is 0 Å². The Labute approximate surface area is 94.6 Å². The second kappa shape index (κ2) is 4.34. The first-order valence-corrected chi connectivity index (χ1v) is 7.62. The van der Waals surface area contributed by atoms with Crippen molar-refractivity contribution in [2.75, 3.05) is 0 Å². The largest absolute Gasteiger partial charge is 0.133 e. The highest BCUT2D eigenvalue weighted by Gasteiger charge is 2.21. The summed E-state index contributed by atoms with van der Waals surface area (Å²) in [5.74, 6) is 1.94. The van der Waals surface area contributed by atoms with E-state index in [4.69, 9.17) is 0 Å². The number of rotatable bonds is 2. The summed E-state index contributed by atoms with van der Waals surface area (Å²) in [6.07, 6.45) is 11.8. The third-order valence-corrected chi connectivity index (χ3v) is 6.05. The lowest BCUT2D eigenvalue weighted by atomic mass is 10.1. The number of hydrogen-bond acceptors (Lipinski definition) is 0. The van der Waals surface area contributed by atoms with Gasteiger partial charge in [0.25, 0.3) is 0 Å². The highest BCUT2D eigenvalue weighted by Crippen LogP contribution is 2.45. The smallest absolute Gasteiger partial charge is 0.0127 e. The maximum absolute atomic E-state index is 2.47. The Morgan fingerprint density at radius 3 is 1.53 bits per heavy atom. The third-order valence-electron chi connectivity index (χ3n) is 4.32. The van der Waals surface area contributed by atoms with Crippen LogP contribution in [-0.4, -0.2) is 0 Å². The van der Waals surface area contributed by atoms with Gasteiger partial charge in [0.2, 0.25) is 0 Å². The summed E-state index contributed by atoms with van der Waals surface area (Å²) in [7, 11) is 1.08. The van der Waals surface area contributed by atoms with Gasteiger partial charge in [-0.1, -0.05) is 37.8 Å². The summed E-state index contributed by atoms with van der Waals surface area (Å²) in [6.45, 7) is 0. The lowest BCUT2D eigenvalue weighted by Gasteiger charge is -2.08. The van der Waals surface area contributed by atoms with E-state index in [1.165, 1.54) is 51.4 Å². The fourth-order valence-corrected chi connectivity index (χ4v) is 5.03. The predicted octanol–water partition coefficient (Wildman–Crippen LogP) is 5.03. The molecule has 1 aromatic rings. The van der Waals surface area contributed by atoms with Gasteiger partial charge in [-0.15, -0.1) is 8.19 Å². The van der Waals surface area contributed by atoms with Crippen LogP contribution >= 0.6 is 8.19 Å². The molecule has 0 nitrogen and oxygen atoms in total. The van der Waals surface area contributed by atoms with Crippen LogP contribution < -0.4 is 0 Å². The van der Waals surface area contributed by atoms with Crippen molar-refractivity contribution in [1.29, 1.82) is 0 Å². The first-order chi connectivity index (χ1) is 7.43. The average molecular weight is 220 g/mol. The molecule has 1 aromatic heterocycles. The summed E-state index contributed by atoms with van der Waals surface area (Å²) in [4.78, 5) is 0. The zero-order valence-electron chi connectivity index (χ0n) is 9.47. The molecule has 0 bridgehead atoms. The van der Waals surface area contributed by atoms with E-state index in [1.54, 1.807) is 10.6 Å². The van der Waals surface area contributed by atoms with Gasteiger partial charge >= 0.3 is 0 Å². The summed E-state index contributed by atoms with van der Waals surface area (Å²) in [5, 5.41) is 3.60. The van der Waals surface area contributed by atoms with Gasteiger partial charge in [0.15, 0.2) is 0 Å². The van der Waals surface area contributed by atoms with Crippen molar-refractivity contribution in [2.45, 2.75) is 63.2 Å². The van der Waals surface area contributed by atoms with E-state index < -0.39 is 0 Å². The minimum absolute atomic E-state index is 0.971. The Morgan fingerprint density at radius 2 is 1.13 bits per heavy atom. The zero-order chi connectivity index (χ0) is 10.1. The second-order valence-electron chi connectivity index (χ2n) is 5.33. The van der Waals surface area contributed by atoms with Crippen LogP contribution in [-0.2, 0) is 0 Å². The van der Waals surface area contributed by atoms with Crippen LogP contribution in [0.1, 0.15) is 73.8 Å². The highest BCUT2D eigenvalue weighted by molar-refractivity contribution is 7.32. The summed E-state index contributed by atoms with van der Waals surface area (Å²) >= 11 is 0. The molecule has 0 radical (unpaired) electrons. The molecular weight excluding hydrogens is 199 g/mol. The zero-order valence-corrected chi connectivity index (χ0v) is 10.5. The van der Waals surface area contributed by atoms with Crippen LogP contribution in [0.25, 0.3) is 0 Å². The van der Waals surface area contributed by atoms with E-state index in [9.17, 15) is 0 Å². The van der Waals surface area contributed by atoms with E-state index in [1.807, 2.05) is 0 Å². The van der Waals surface area contributed by atoms with Crippen LogP contribution in [0, 0.1) is 0 Å². The summed E-state index contributed by atoms with van der Waals surface area (Å²) in [5.41, 5.74) is 0.